The fraction of sp³-hybridized carbons (Fsp3) is 0.556. The van der Waals surface area contributed by atoms with E-state index in [0.29, 0.717) is 43.6 Å². The van der Waals surface area contributed by atoms with Crippen molar-refractivity contribution in [3.63, 3.8) is 0 Å². The average Bonchev–Trinajstić information content (AvgIpc) is 3.20. The Kier molecular flexibility index (Phi) is 7.00. The van der Waals surface area contributed by atoms with Crippen molar-refractivity contribution in [3.8, 4) is 5.75 Å². The maximum atomic E-state index is 13.2. The minimum Gasteiger partial charge on any atom is -0.497 e. The highest BCUT2D eigenvalue weighted by molar-refractivity contribution is 7.89. The van der Waals surface area contributed by atoms with Crippen molar-refractivity contribution >= 4 is 10.0 Å². The maximum Gasteiger partial charge on any atom is 0.252 e. The van der Waals surface area contributed by atoms with Crippen LogP contribution in [0.15, 0.2) is 33.7 Å². The standard InChI is InChI=1S/C18H25N3O6S/c1-24-10-11-26-13-17-19-18(20-27-17)16-8-3-4-9-21(16)28(22,23)15-7-5-6-14(12-15)25-2/h5-7,12,16H,3-4,8-11,13H2,1-2H3. The van der Waals surface area contributed by atoms with Crippen LogP contribution in [0.2, 0.25) is 0 Å². The van der Waals surface area contributed by atoms with Crippen LogP contribution >= 0.6 is 0 Å². The van der Waals surface area contributed by atoms with Gasteiger partial charge >= 0.3 is 0 Å². The van der Waals surface area contributed by atoms with E-state index in [-0.39, 0.29) is 11.5 Å². The number of aromatic nitrogens is 2. The molecule has 0 bridgehead atoms. The molecule has 0 amide bonds. The van der Waals surface area contributed by atoms with Gasteiger partial charge in [-0.3, -0.25) is 0 Å². The number of rotatable bonds is 9. The molecule has 0 radical (unpaired) electrons. The van der Waals surface area contributed by atoms with Gasteiger partial charge in [-0.1, -0.05) is 17.6 Å². The molecule has 1 aromatic carbocycles. The first-order valence-electron chi connectivity index (χ1n) is 9.11. The molecule has 9 nitrogen and oxygen atoms in total. The number of hydrogen-bond donors (Lipinski definition) is 0. The molecule has 1 unspecified atom stereocenters. The van der Waals surface area contributed by atoms with Gasteiger partial charge in [0, 0.05) is 19.7 Å². The van der Waals surface area contributed by atoms with E-state index in [1.54, 1.807) is 25.3 Å². The molecule has 1 atom stereocenters. The number of benzene rings is 1. The first-order chi connectivity index (χ1) is 13.6. The molecule has 28 heavy (non-hydrogen) atoms. The molecule has 154 valence electrons. The number of ether oxygens (including phenoxy) is 3. The molecular weight excluding hydrogens is 386 g/mol. The molecule has 0 spiro atoms. The summed E-state index contributed by atoms with van der Waals surface area (Å²) < 4.78 is 48.6. The molecule has 2 aromatic rings. The smallest absolute Gasteiger partial charge is 0.252 e. The molecule has 10 heteroatoms. The van der Waals surface area contributed by atoms with Crippen LogP contribution in [0.25, 0.3) is 0 Å². The maximum absolute atomic E-state index is 13.2. The van der Waals surface area contributed by atoms with Gasteiger partial charge < -0.3 is 18.7 Å². The Balaban J connectivity index is 1.79. The largest absolute Gasteiger partial charge is 0.497 e. The quantitative estimate of drug-likeness (QED) is 0.578. The molecule has 1 saturated heterocycles. The number of piperidine rings is 1. The highest BCUT2D eigenvalue weighted by Crippen LogP contribution is 2.34. The van der Waals surface area contributed by atoms with Crippen LogP contribution in [0, 0.1) is 0 Å². The molecule has 3 rings (SSSR count). The third-order valence-electron chi connectivity index (χ3n) is 4.54. The first-order valence-corrected chi connectivity index (χ1v) is 10.6. The topological polar surface area (TPSA) is 104 Å². The van der Waals surface area contributed by atoms with E-state index >= 15 is 0 Å². The third-order valence-corrected chi connectivity index (χ3v) is 6.44. The summed E-state index contributed by atoms with van der Waals surface area (Å²) in [4.78, 5) is 4.53. The van der Waals surface area contributed by atoms with Crippen molar-refractivity contribution in [2.75, 3.05) is 34.0 Å². The summed E-state index contributed by atoms with van der Waals surface area (Å²) >= 11 is 0. The second kappa shape index (κ2) is 9.46. The van der Waals surface area contributed by atoms with Crippen LogP contribution in [-0.2, 0) is 26.1 Å². The van der Waals surface area contributed by atoms with Gasteiger partial charge in [0.25, 0.3) is 5.89 Å². The van der Waals surface area contributed by atoms with Gasteiger partial charge in [0.1, 0.15) is 12.4 Å². The normalized spacial score (nSPS) is 18.3. The lowest BCUT2D eigenvalue weighted by Gasteiger charge is -2.32. The summed E-state index contributed by atoms with van der Waals surface area (Å²) in [6.07, 6.45) is 2.31. The zero-order valence-electron chi connectivity index (χ0n) is 16.0. The van der Waals surface area contributed by atoms with Gasteiger partial charge in [-0.2, -0.15) is 9.29 Å². The molecule has 1 aliphatic rings. The molecule has 1 aliphatic heterocycles. The molecular formula is C18H25N3O6S. The minimum atomic E-state index is -3.72. The zero-order chi connectivity index (χ0) is 20.0. The van der Waals surface area contributed by atoms with E-state index in [1.807, 2.05) is 0 Å². The third kappa shape index (κ3) is 4.69. The van der Waals surface area contributed by atoms with Crippen molar-refractivity contribution in [1.29, 1.82) is 0 Å². The summed E-state index contributed by atoms with van der Waals surface area (Å²) in [7, 11) is -0.626. The highest BCUT2D eigenvalue weighted by Gasteiger charge is 2.37. The minimum absolute atomic E-state index is 0.158. The van der Waals surface area contributed by atoms with Crippen LogP contribution in [0.3, 0.4) is 0 Å². The van der Waals surface area contributed by atoms with Gasteiger partial charge in [0.2, 0.25) is 10.0 Å². The van der Waals surface area contributed by atoms with Crippen LogP contribution in [-0.4, -0.2) is 56.8 Å². The van der Waals surface area contributed by atoms with Gasteiger partial charge in [0.05, 0.1) is 31.3 Å². The van der Waals surface area contributed by atoms with E-state index in [2.05, 4.69) is 10.1 Å². The monoisotopic (exact) mass is 411 g/mol. The molecule has 1 aromatic heterocycles. The van der Waals surface area contributed by atoms with Crippen molar-refractivity contribution in [1.82, 2.24) is 14.4 Å². The Morgan fingerprint density at radius 3 is 2.89 bits per heavy atom. The molecule has 1 fully saturated rings. The second-order valence-electron chi connectivity index (χ2n) is 6.40. The lowest BCUT2D eigenvalue weighted by Crippen LogP contribution is -2.39. The predicted molar refractivity (Wildman–Crippen MR) is 99.3 cm³/mol. The Morgan fingerprint density at radius 1 is 1.25 bits per heavy atom. The number of hydrogen-bond acceptors (Lipinski definition) is 8. The summed E-state index contributed by atoms with van der Waals surface area (Å²) in [5.74, 6) is 1.16. The highest BCUT2D eigenvalue weighted by atomic mass is 32.2. The Morgan fingerprint density at radius 2 is 2.11 bits per heavy atom. The van der Waals surface area contributed by atoms with E-state index in [4.69, 9.17) is 18.7 Å². The van der Waals surface area contributed by atoms with Crippen molar-refractivity contribution in [3.05, 3.63) is 36.0 Å². The SMILES string of the molecule is COCCOCc1nc(C2CCCCN2S(=O)(=O)c2cccc(OC)c2)no1. The predicted octanol–water partition coefficient (Wildman–Crippen LogP) is 2.16. The summed E-state index contributed by atoms with van der Waals surface area (Å²) in [6, 6.07) is 5.98. The summed E-state index contributed by atoms with van der Waals surface area (Å²) in [5, 5.41) is 4.00. The Labute approximate surface area is 164 Å². The molecule has 0 aliphatic carbocycles. The lowest BCUT2D eigenvalue weighted by molar-refractivity contribution is 0.0494. The Hall–Kier alpha value is -2.01. The Bertz CT molecular complexity index is 870. The van der Waals surface area contributed by atoms with Gasteiger partial charge in [-0.15, -0.1) is 0 Å². The zero-order valence-corrected chi connectivity index (χ0v) is 16.9. The fourth-order valence-electron chi connectivity index (χ4n) is 3.11. The molecule has 0 N–H and O–H groups in total. The lowest BCUT2D eigenvalue weighted by atomic mass is 10.0. The van der Waals surface area contributed by atoms with Crippen LogP contribution in [0.4, 0.5) is 0 Å². The van der Waals surface area contributed by atoms with E-state index in [9.17, 15) is 8.42 Å². The first kappa shape index (κ1) is 20.7. The molecule has 2 heterocycles. The van der Waals surface area contributed by atoms with Gasteiger partial charge in [-0.05, 0) is 25.0 Å². The fourth-order valence-corrected chi connectivity index (χ4v) is 4.80. The second-order valence-corrected chi connectivity index (χ2v) is 8.29. The van der Waals surface area contributed by atoms with Gasteiger partial charge in [-0.25, -0.2) is 8.42 Å². The van der Waals surface area contributed by atoms with Crippen LogP contribution in [0.1, 0.15) is 37.0 Å². The van der Waals surface area contributed by atoms with Crippen molar-refractivity contribution in [2.24, 2.45) is 0 Å². The van der Waals surface area contributed by atoms with E-state index < -0.39 is 16.1 Å². The van der Waals surface area contributed by atoms with E-state index in [0.717, 1.165) is 12.8 Å². The van der Waals surface area contributed by atoms with Crippen LogP contribution < -0.4 is 4.74 Å². The summed E-state index contributed by atoms with van der Waals surface area (Å²) in [6.45, 7) is 1.44. The van der Waals surface area contributed by atoms with Gasteiger partial charge in [0.15, 0.2) is 5.82 Å². The van der Waals surface area contributed by atoms with E-state index in [1.165, 1.54) is 17.5 Å². The average molecular weight is 411 g/mol. The number of methoxy groups -OCH3 is 2. The number of sulfonamides is 1. The summed E-state index contributed by atoms with van der Waals surface area (Å²) in [5.41, 5.74) is 0. The van der Waals surface area contributed by atoms with Crippen molar-refractivity contribution in [2.45, 2.75) is 36.8 Å². The van der Waals surface area contributed by atoms with Crippen molar-refractivity contribution < 1.29 is 27.2 Å². The molecule has 0 saturated carbocycles. The number of nitrogens with zero attached hydrogens (tertiary/aromatic N) is 3. The van der Waals surface area contributed by atoms with Crippen LogP contribution in [0.5, 0.6) is 5.75 Å².